The molecule has 1 unspecified atom stereocenters. The number of aliphatic carboxylic acids is 1. The maximum absolute atomic E-state index is 11.8. The molecule has 0 saturated heterocycles. The van der Waals surface area contributed by atoms with Crippen molar-refractivity contribution in [3.8, 4) is 11.5 Å². The van der Waals surface area contributed by atoms with E-state index in [4.69, 9.17) is 9.47 Å². The molecule has 1 atom stereocenters. The van der Waals surface area contributed by atoms with Crippen molar-refractivity contribution in [1.29, 1.82) is 0 Å². The van der Waals surface area contributed by atoms with Gasteiger partial charge in [0.05, 0.1) is 20.1 Å². The topological polar surface area (TPSA) is 55.8 Å². The minimum absolute atomic E-state index is 0.419. The summed E-state index contributed by atoms with van der Waals surface area (Å²) in [6.07, 6.45) is 1.39. The van der Waals surface area contributed by atoms with Gasteiger partial charge in [0.2, 0.25) is 0 Å². The fourth-order valence-electron chi connectivity index (χ4n) is 2.58. The van der Waals surface area contributed by atoms with Crippen LogP contribution in [-0.2, 0) is 17.6 Å². The summed E-state index contributed by atoms with van der Waals surface area (Å²) < 4.78 is 10.5. The highest BCUT2D eigenvalue weighted by Gasteiger charge is 2.24. The van der Waals surface area contributed by atoms with Crippen LogP contribution in [-0.4, -0.2) is 25.3 Å². The summed E-state index contributed by atoms with van der Waals surface area (Å²) in [6, 6.07) is 13.3. The Bertz CT molecular complexity index is 662. The second kappa shape index (κ2) is 7.68. The van der Waals surface area contributed by atoms with Gasteiger partial charge in [0, 0.05) is 11.6 Å². The number of hydrogen-bond donors (Lipinski definition) is 1. The molecule has 0 fully saturated rings. The monoisotopic (exact) mass is 314 g/mol. The van der Waals surface area contributed by atoms with Gasteiger partial charge >= 0.3 is 5.97 Å². The lowest BCUT2D eigenvalue weighted by atomic mass is 9.91. The van der Waals surface area contributed by atoms with Crippen LogP contribution in [0.1, 0.15) is 29.5 Å². The van der Waals surface area contributed by atoms with Crippen molar-refractivity contribution in [2.75, 3.05) is 14.2 Å². The lowest BCUT2D eigenvalue weighted by molar-refractivity contribution is -0.138. The Morgan fingerprint density at radius 3 is 2.22 bits per heavy atom. The molecule has 0 heterocycles. The first-order valence-electron chi connectivity index (χ1n) is 7.61. The Morgan fingerprint density at radius 2 is 1.70 bits per heavy atom. The van der Waals surface area contributed by atoms with Crippen LogP contribution < -0.4 is 9.47 Å². The first-order valence-corrected chi connectivity index (χ1v) is 7.61. The average Bonchev–Trinajstić information content (AvgIpc) is 2.59. The number of benzene rings is 2. The molecule has 0 bridgehead atoms. The van der Waals surface area contributed by atoms with Gasteiger partial charge in [-0.15, -0.1) is 0 Å². The van der Waals surface area contributed by atoms with Gasteiger partial charge in [-0.1, -0.05) is 37.3 Å². The predicted octanol–water partition coefficient (Wildman–Crippen LogP) is 3.68. The predicted molar refractivity (Wildman–Crippen MR) is 89.4 cm³/mol. The van der Waals surface area contributed by atoms with Crippen molar-refractivity contribution in [3.05, 3.63) is 59.2 Å². The van der Waals surface area contributed by atoms with Crippen LogP contribution in [0, 0.1) is 0 Å². The van der Waals surface area contributed by atoms with Crippen LogP contribution in [0.2, 0.25) is 0 Å². The summed E-state index contributed by atoms with van der Waals surface area (Å²) in [7, 11) is 3.10. The summed E-state index contributed by atoms with van der Waals surface area (Å²) in [6.45, 7) is 2.09. The van der Waals surface area contributed by atoms with E-state index in [1.165, 1.54) is 12.7 Å². The molecule has 122 valence electrons. The number of carboxylic acids is 1. The van der Waals surface area contributed by atoms with E-state index in [1.807, 2.05) is 24.3 Å². The van der Waals surface area contributed by atoms with Crippen molar-refractivity contribution in [1.82, 2.24) is 0 Å². The largest absolute Gasteiger partial charge is 0.497 e. The molecule has 2 rings (SSSR count). The van der Waals surface area contributed by atoms with Crippen LogP contribution >= 0.6 is 0 Å². The zero-order chi connectivity index (χ0) is 16.8. The van der Waals surface area contributed by atoms with Crippen molar-refractivity contribution >= 4 is 5.97 Å². The summed E-state index contributed by atoms with van der Waals surface area (Å²) in [5.74, 6) is -0.361. The third-order valence-corrected chi connectivity index (χ3v) is 3.99. The summed E-state index contributed by atoms with van der Waals surface area (Å²) >= 11 is 0. The molecule has 0 radical (unpaired) electrons. The van der Waals surface area contributed by atoms with E-state index in [0.29, 0.717) is 23.5 Å². The van der Waals surface area contributed by atoms with Gasteiger partial charge in [-0.2, -0.15) is 0 Å². The quantitative estimate of drug-likeness (QED) is 0.847. The van der Waals surface area contributed by atoms with Gasteiger partial charge in [-0.25, -0.2) is 0 Å². The van der Waals surface area contributed by atoms with E-state index in [9.17, 15) is 9.90 Å². The normalized spacial score (nSPS) is 11.8. The molecular weight excluding hydrogens is 292 g/mol. The Kier molecular flexibility index (Phi) is 5.63. The van der Waals surface area contributed by atoms with Gasteiger partial charge < -0.3 is 14.6 Å². The number of methoxy groups -OCH3 is 2. The number of rotatable bonds is 7. The Morgan fingerprint density at radius 1 is 1.04 bits per heavy atom. The summed E-state index contributed by atoms with van der Waals surface area (Å²) in [5, 5.41) is 9.65. The first-order chi connectivity index (χ1) is 11.1. The van der Waals surface area contributed by atoms with E-state index < -0.39 is 11.9 Å². The lowest BCUT2D eigenvalue weighted by Gasteiger charge is -2.17. The fourth-order valence-corrected chi connectivity index (χ4v) is 2.58. The molecule has 0 spiro atoms. The Hall–Kier alpha value is -2.49. The molecular formula is C19H22O4. The molecule has 0 aromatic heterocycles. The van der Waals surface area contributed by atoms with Gasteiger partial charge in [0.15, 0.2) is 0 Å². The van der Waals surface area contributed by atoms with Crippen LogP contribution in [0.5, 0.6) is 11.5 Å². The molecule has 2 aromatic carbocycles. The number of carboxylic acid groups (broad SMARTS) is 1. The highest BCUT2D eigenvalue weighted by molar-refractivity contribution is 5.78. The van der Waals surface area contributed by atoms with Crippen LogP contribution in [0.3, 0.4) is 0 Å². The van der Waals surface area contributed by atoms with E-state index in [-0.39, 0.29) is 0 Å². The van der Waals surface area contributed by atoms with Crippen molar-refractivity contribution < 1.29 is 19.4 Å². The minimum Gasteiger partial charge on any atom is -0.497 e. The number of hydrogen-bond acceptors (Lipinski definition) is 3. The molecule has 1 N–H and O–H groups in total. The average molecular weight is 314 g/mol. The maximum atomic E-state index is 11.8. The molecule has 4 heteroatoms. The van der Waals surface area contributed by atoms with E-state index >= 15 is 0 Å². The third-order valence-electron chi connectivity index (χ3n) is 3.99. The lowest BCUT2D eigenvalue weighted by Crippen LogP contribution is -2.15. The van der Waals surface area contributed by atoms with Gasteiger partial charge in [0.1, 0.15) is 11.5 Å². The molecule has 0 aliphatic heterocycles. The van der Waals surface area contributed by atoms with Crippen LogP contribution in [0.15, 0.2) is 42.5 Å². The fraction of sp³-hybridized carbons (Fsp3) is 0.316. The minimum atomic E-state index is -0.868. The zero-order valence-electron chi connectivity index (χ0n) is 13.7. The van der Waals surface area contributed by atoms with Crippen molar-refractivity contribution in [2.24, 2.45) is 0 Å². The first kappa shape index (κ1) is 16.9. The number of ether oxygens (including phenoxy) is 2. The molecule has 4 nitrogen and oxygen atoms in total. The molecule has 23 heavy (non-hydrogen) atoms. The molecule has 2 aromatic rings. The molecule has 0 amide bonds. The Labute approximate surface area is 136 Å². The van der Waals surface area contributed by atoms with E-state index in [0.717, 1.165) is 12.0 Å². The number of aryl methyl sites for hydroxylation is 1. The van der Waals surface area contributed by atoms with Crippen LogP contribution in [0.4, 0.5) is 0 Å². The van der Waals surface area contributed by atoms with Gasteiger partial charge in [-0.05, 0) is 30.0 Å². The smallest absolute Gasteiger partial charge is 0.311 e. The zero-order valence-corrected chi connectivity index (χ0v) is 13.7. The summed E-state index contributed by atoms with van der Waals surface area (Å²) in [4.78, 5) is 11.8. The summed E-state index contributed by atoms with van der Waals surface area (Å²) in [5.41, 5.74) is 2.88. The van der Waals surface area contributed by atoms with Gasteiger partial charge in [-0.3, -0.25) is 4.79 Å². The highest BCUT2D eigenvalue weighted by atomic mass is 16.5. The second-order valence-corrected chi connectivity index (χ2v) is 5.37. The Balaban J connectivity index is 2.32. The SMILES string of the molecule is CCc1ccc(CC(C(=O)O)c2ccc(OC)cc2OC)cc1. The molecule has 0 aliphatic carbocycles. The van der Waals surface area contributed by atoms with Gasteiger partial charge in [0.25, 0.3) is 0 Å². The van der Waals surface area contributed by atoms with E-state index in [1.54, 1.807) is 25.3 Å². The number of carbonyl (C=O) groups is 1. The second-order valence-electron chi connectivity index (χ2n) is 5.37. The standard InChI is InChI=1S/C19H22O4/c1-4-13-5-7-14(8-6-13)11-17(19(20)21)16-10-9-15(22-2)12-18(16)23-3/h5-10,12,17H,4,11H2,1-3H3,(H,20,21). The molecule has 0 saturated carbocycles. The third kappa shape index (κ3) is 4.03. The highest BCUT2D eigenvalue weighted by Crippen LogP contribution is 2.33. The van der Waals surface area contributed by atoms with Crippen molar-refractivity contribution in [3.63, 3.8) is 0 Å². The van der Waals surface area contributed by atoms with Crippen LogP contribution in [0.25, 0.3) is 0 Å². The van der Waals surface area contributed by atoms with E-state index in [2.05, 4.69) is 6.92 Å². The molecule has 0 aliphatic rings. The maximum Gasteiger partial charge on any atom is 0.311 e. The van der Waals surface area contributed by atoms with Crippen molar-refractivity contribution in [2.45, 2.75) is 25.7 Å².